The lowest BCUT2D eigenvalue weighted by atomic mass is 9.99. The third kappa shape index (κ3) is 4.94. The standard InChI is InChI=1S/C12H25N3O/c1-3-6-15(4-2)7-5-14-12(16)8-11-9-13-10-11/h11,13H,3-10H2,1-2H3,(H,14,16). The molecule has 1 saturated heterocycles. The van der Waals surface area contributed by atoms with Gasteiger partial charge in [0.15, 0.2) is 0 Å². The average Bonchev–Trinajstić information content (AvgIpc) is 2.22. The summed E-state index contributed by atoms with van der Waals surface area (Å²) in [6.07, 6.45) is 1.86. The van der Waals surface area contributed by atoms with Crippen LogP contribution in [-0.4, -0.2) is 50.1 Å². The summed E-state index contributed by atoms with van der Waals surface area (Å²) < 4.78 is 0. The zero-order chi connectivity index (χ0) is 11.8. The van der Waals surface area contributed by atoms with E-state index in [2.05, 4.69) is 29.4 Å². The molecule has 0 unspecified atom stereocenters. The van der Waals surface area contributed by atoms with Crippen molar-refractivity contribution < 1.29 is 4.79 Å². The second-order valence-corrected chi connectivity index (χ2v) is 4.51. The molecule has 16 heavy (non-hydrogen) atoms. The molecule has 0 atom stereocenters. The largest absolute Gasteiger partial charge is 0.355 e. The maximum Gasteiger partial charge on any atom is 0.220 e. The Morgan fingerprint density at radius 2 is 2.12 bits per heavy atom. The second-order valence-electron chi connectivity index (χ2n) is 4.51. The minimum Gasteiger partial charge on any atom is -0.355 e. The van der Waals surface area contributed by atoms with Gasteiger partial charge in [0.1, 0.15) is 0 Å². The molecule has 1 heterocycles. The van der Waals surface area contributed by atoms with Crippen molar-refractivity contribution >= 4 is 5.91 Å². The van der Waals surface area contributed by atoms with E-state index < -0.39 is 0 Å². The quantitative estimate of drug-likeness (QED) is 0.632. The predicted molar refractivity (Wildman–Crippen MR) is 66.4 cm³/mol. The first-order chi connectivity index (χ1) is 7.76. The van der Waals surface area contributed by atoms with Gasteiger partial charge in [-0.05, 0) is 38.5 Å². The number of carbonyl (C=O) groups is 1. The first kappa shape index (κ1) is 13.5. The van der Waals surface area contributed by atoms with Crippen molar-refractivity contribution in [3.05, 3.63) is 0 Å². The molecule has 4 nitrogen and oxygen atoms in total. The van der Waals surface area contributed by atoms with Crippen LogP contribution in [0.3, 0.4) is 0 Å². The fourth-order valence-electron chi connectivity index (χ4n) is 1.92. The highest BCUT2D eigenvalue weighted by molar-refractivity contribution is 5.76. The molecule has 1 rings (SSSR count). The van der Waals surface area contributed by atoms with E-state index in [0.717, 1.165) is 39.3 Å². The van der Waals surface area contributed by atoms with Gasteiger partial charge in [0.2, 0.25) is 5.91 Å². The molecule has 2 N–H and O–H groups in total. The summed E-state index contributed by atoms with van der Waals surface area (Å²) in [5, 5.41) is 6.18. The van der Waals surface area contributed by atoms with Gasteiger partial charge in [-0.1, -0.05) is 13.8 Å². The van der Waals surface area contributed by atoms with Gasteiger partial charge in [-0.15, -0.1) is 0 Å². The number of amides is 1. The van der Waals surface area contributed by atoms with E-state index in [1.807, 2.05) is 0 Å². The van der Waals surface area contributed by atoms with E-state index in [4.69, 9.17) is 0 Å². The molecule has 4 heteroatoms. The van der Waals surface area contributed by atoms with Gasteiger partial charge in [-0.25, -0.2) is 0 Å². The summed E-state index contributed by atoms with van der Waals surface area (Å²) in [6.45, 7) is 10.3. The van der Waals surface area contributed by atoms with E-state index in [0.29, 0.717) is 12.3 Å². The summed E-state index contributed by atoms with van der Waals surface area (Å²) in [5.41, 5.74) is 0. The molecule has 1 fully saturated rings. The lowest BCUT2D eigenvalue weighted by Crippen LogP contribution is -2.45. The van der Waals surface area contributed by atoms with E-state index in [-0.39, 0.29) is 5.91 Å². The highest BCUT2D eigenvalue weighted by Crippen LogP contribution is 2.07. The van der Waals surface area contributed by atoms with Crippen molar-refractivity contribution in [1.82, 2.24) is 15.5 Å². The van der Waals surface area contributed by atoms with Gasteiger partial charge in [0, 0.05) is 19.5 Å². The topological polar surface area (TPSA) is 44.4 Å². The van der Waals surface area contributed by atoms with Crippen molar-refractivity contribution in [2.45, 2.75) is 26.7 Å². The Labute approximate surface area is 98.8 Å². The van der Waals surface area contributed by atoms with Crippen LogP contribution in [0.2, 0.25) is 0 Å². The normalized spacial score (nSPS) is 16.2. The smallest absolute Gasteiger partial charge is 0.220 e. The number of hydrogen-bond acceptors (Lipinski definition) is 3. The summed E-state index contributed by atoms with van der Waals surface area (Å²) >= 11 is 0. The van der Waals surface area contributed by atoms with Crippen LogP contribution >= 0.6 is 0 Å². The number of likely N-dealkylation sites (N-methyl/N-ethyl adjacent to an activating group) is 1. The maximum absolute atomic E-state index is 11.5. The zero-order valence-corrected chi connectivity index (χ0v) is 10.6. The number of nitrogens with zero attached hydrogens (tertiary/aromatic N) is 1. The molecule has 0 radical (unpaired) electrons. The van der Waals surface area contributed by atoms with Crippen LogP contribution in [0.5, 0.6) is 0 Å². The first-order valence-electron chi connectivity index (χ1n) is 6.46. The van der Waals surface area contributed by atoms with Gasteiger partial charge in [0.05, 0.1) is 0 Å². The molecule has 0 saturated carbocycles. The van der Waals surface area contributed by atoms with Crippen molar-refractivity contribution in [2.75, 3.05) is 39.3 Å². The van der Waals surface area contributed by atoms with Gasteiger partial charge >= 0.3 is 0 Å². The molecular weight excluding hydrogens is 202 g/mol. The maximum atomic E-state index is 11.5. The fraction of sp³-hybridized carbons (Fsp3) is 0.917. The summed E-state index contributed by atoms with van der Waals surface area (Å²) in [5.74, 6) is 0.775. The van der Waals surface area contributed by atoms with Crippen LogP contribution in [-0.2, 0) is 4.79 Å². The Morgan fingerprint density at radius 3 is 2.62 bits per heavy atom. The third-order valence-electron chi connectivity index (χ3n) is 3.08. The molecule has 1 aliphatic heterocycles. The zero-order valence-electron chi connectivity index (χ0n) is 10.6. The SMILES string of the molecule is CCCN(CC)CCNC(=O)CC1CNC1. The van der Waals surface area contributed by atoms with Crippen LogP contribution in [0.15, 0.2) is 0 Å². The van der Waals surface area contributed by atoms with Crippen LogP contribution in [0.4, 0.5) is 0 Å². The lowest BCUT2D eigenvalue weighted by molar-refractivity contribution is -0.122. The Hall–Kier alpha value is -0.610. The average molecular weight is 227 g/mol. The predicted octanol–water partition coefficient (Wildman–Crippen LogP) is 0.444. The molecule has 94 valence electrons. The molecule has 0 aromatic heterocycles. The summed E-state index contributed by atoms with van der Waals surface area (Å²) in [6, 6.07) is 0. The second kappa shape index (κ2) is 7.63. The summed E-state index contributed by atoms with van der Waals surface area (Å²) in [4.78, 5) is 13.9. The molecular formula is C12H25N3O. The number of carbonyl (C=O) groups excluding carboxylic acids is 1. The summed E-state index contributed by atoms with van der Waals surface area (Å²) in [7, 11) is 0. The van der Waals surface area contributed by atoms with E-state index in [9.17, 15) is 4.79 Å². The van der Waals surface area contributed by atoms with Crippen molar-refractivity contribution in [1.29, 1.82) is 0 Å². The number of nitrogens with one attached hydrogen (secondary N) is 2. The van der Waals surface area contributed by atoms with E-state index >= 15 is 0 Å². The van der Waals surface area contributed by atoms with E-state index in [1.54, 1.807) is 0 Å². The Bertz CT molecular complexity index is 204. The van der Waals surface area contributed by atoms with Crippen LogP contribution < -0.4 is 10.6 Å². The minimum absolute atomic E-state index is 0.207. The van der Waals surface area contributed by atoms with Crippen molar-refractivity contribution in [3.8, 4) is 0 Å². The molecule has 1 aliphatic rings. The number of rotatable bonds is 8. The molecule has 0 aliphatic carbocycles. The van der Waals surface area contributed by atoms with Gasteiger partial charge < -0.3 is 15.5 Å². The highest BCUT2D eigenvalue weighted by Gasteiger charge is 2.19. The van der Waals surface area contributed by atoms with Crippen molar-refractivity contribution in [2.24, 2.45) is 5.92 Å². The lowest BCUT2D eigenvalue weighted by Gasteiger charge is -2.26. The molecule has 0 aromatic carbocycles. The molecule has 1 amide bonds. The fourth-order valence-corrected chi connectivity index (χ4v) is 1.92. The molecule has 0 bridgehead atoms. The Balaban J connectivity index is 2.01. The Kier molecular flexibility index (Phi) is 6.42. The van der Waals surface area contributed by atoms with E-state index in [1.165, 1.54) is 6.42 Å². The third-order valence-corrected chi connectivity index (χ3v) is 3.08. The van der Waals surface area contributed by atoms with Crippen LogP contribution in [0.25, 0.3) is 0 Å². The van der Waals surface area contributed by atoms with Gasteiger partial charge in [-0.3, -0.25) is 4.79 Å². The molecule has 0 aromatic rings. The molecule has 0 spiro atoms. The van der Waals surface area contributed by atoms with Gasteiger partial charge in [0.25, 0.3) is 0 Å². The van der Waals surface area contributed by atoms with Crippen LogP contribution in [0.1, 0.15) is 26.7 Å². The number of hydrogen-bond donors (Lipinski definition) is 2. The van der Waals surface area contributed by atoms with Gasteiger partial charge in [-0.2, -0.15) is 0 Å². The first-order valence-corrected chi connectivity index (χ1v) is 6.46. The minimum atomic E-state index is 0.207. The monoisotopic (exact) mass is 227 g/mol. The highest BCUT2D eigenvalue weighted by atomic mass is 16.1. The van der Waals surface area contributed by atoms with Crippen molar-refractivity contribution in [3.63, 3.8) is 0 Å². The van der Waals surface area contributed by atoms with Crippen LogP contribution in [0, 0.1) is 5.92 Å². The Morgan fingerprint density at radius 1 is 1.38 bits per heavy atom.